The predicted octanol–water partition coefficient (Wildman–Crippen LogP) is 2.37. The zero-order chi connectivity index (χ0) is 13.0. The van der Waals surface area contributed by atoms with E-state index >= 15 is 0 Å². The van der Waals surface area contributed by atoms with E-state index in [-0.39, 0.29) is 0 Å². The summed E-state index contributed by atoms with van der Waals surface area (Å²) in [6.45, 7) is 1.70. The fourth-order valence-electron chi connectivity index (χ4n) is 1.55. The van der Waals surface area contributed by atoms with Gasteiger partial charge >= 0.3 is 0 Å². The van der Waals surface area contributed by atoms with Crippen molar-refractivity contribution in [2.24, 2.45) is 0 Å². The van der Waals surface area contributed by atoms with Crippen LogP contribution in [0.2, 0.25) is 0 Å². The number of halogens is 1. The zero-order valence-corrected chi connectivity index (χ0v) is 11.1. The summed E-state index contributed by atoms with van der Waals surface area (Å²) in [4.78, 5) is 0. The number of benzene rings is 1. The molecule has 0 saturated carbocycles. The second-order valence-corrected chi connectivity index (χ2v) is 4.26. The highest BCUT2D eigenvalue weighted by Gasteiger charge is 2.24. The monoisotopic (exact) mass is 260 g/mol. The molecule has 5 heteroatoms. The number of ether oxygens (including phenoxy) is 3. The van der Waals surface area contributed by atoms with Crippen molar-refractivity contribution in [3.63, 3.8) is 0 Å². The molecule has 1 rings (SSSR count). The van der Waals surface area contributed by atoms with E-state index in [4.69, 9.17) is 25.8 Å². The predicted molar refractivity (Wildman–Crippen MR) is 66.4 cm³/mol. The number of methoxy groups -OCH3 is 3. The Labute approximate surface area is 106 Å². The van der Waals surface area contributed by atoms with Crippen LogP contribution in [-0.2, 0) is 0 Å². The molecule has 4 nitrogen and oxygen atoms in total. The topological polar surface area (TPSA) is 47.9 Å². The molecule has 0 aliphatic rings. The summed E-state index contributed by atoms with van der Waals surface area (Å²) >= 11 is 5.90. The normalized spacial score (nSPS) is 14.0. The lowest BCUT2D eigenvalue weighted by atomic mass is 10.0. The average molecular weight is 261 g/mol. The molecule has 2 atom stereocenters. The molecule has 0 saturated heterocycles. The van der Waals surface area contributed by atoms with Crippen LogP contribution >= 0.6 is 11.6 Å². The lowest BCUT2D eigenvalue weighted by Crippen LogP contribution is -2.11. The molecule has 1 N–H and O–H groups in total. The molecule has 0 spiro atoms. The van der Waals surface area contributed by atoms with Gasteiger partial charge in [-0.05, 0) is 6.92 Å². The molecule has 0 heterocycles. The van der Waals surface area contributed by atoms with E-state index in [9.17, 15) is 5.11 Å². The molecule has 0 fully saturated rings. The Bertz CT molecular complexity index is 354. The lowest BCUT2D eigenvalue weighted by Gasteiger charge is -2.20. The van der Waals surface area contributed by atoms with Crippen LogP contribution < -0.4 is 14.2 Å². The van der Waals surface area contributed by atoms with Crippen LogP contribution in [0, 0.1) is 0 Å². The molecule has 0 radical (unpaired) electrons. The summed E-state index contributed by atoms with van der Waals surface area (Å²) < 4.78 is 15.6. The molecular weight excluding hydrogens is 244 g/mol. The molecule has 96 valence electrons. The summed E-state index contributed by atoms with van der Waals surface area (Å²) in [6, 6.07) is 3.36. The summed E-state index contributed by atoms with van der Waals surface area (Å²) in [5, 5.41) is 9.60. The van der Waals surface area contributed by atoms with E-state index in [2.05, 4.69) is 0 Å². The largest absolute Gasteiger partial charge is 0.496 e. The number of rotatable bonds is 5. The van der Waals surface area contributed by atoms with E-state index < -0.39 is 11.5 Å². The fourth-order valence-corrected chi connectivity index (χ4v) is 1.68. The van der Waals surface area contributed by atoms with Crippen molar-refractivity contribution in [1.82, 2.24) is 0 Å². The van der Waals surface area contributed by atoms with Crippen LogP contribution in [0.4, 0.5) is 0 Å². The van der Waals surface area contributed by atoms with Crippen molar-refractivity contribution < 1.29 is 19.3 Å². The van der Waals surface area contributed by atoms with Gasteiger partial charge in [-0.3, -0.25) is 0 Å². The van der Waals surface area contributed by atoms with Gasteiger partial charge in [0.15, 0.2) is 0 Å². The Morgan fingerprint density at radius 3 is 1.82 bits per heavy atom. The molecule has 0 aliphatic carbocycles. The van der Waals surface area contributed by atoms with Gasteiger partial charge in [0.1, 0.15) is 23.4 Å². The van der Waals surface area contributed by atoms with Crippen molar-refractivity contribution in [3.05, 3.63) is 17.7 Å². The maximum absolute atomic E-state index is 10.1. The second kappa shape index (κ2) is 5.98. The van der Waals surface area contributed by atoms with E-state index in [1.54, 1.807) is 26.2 Å². The number of aliphatic hydroxyl groups is 1. The van der Waals surface area contributed by atoms with Gasteiger partial charge in [-0.1, -0.05) is 0 Å². The van der Waals surface area contributed by atoms with E-state index in [0.29, 0.717) is 22.8 Å². The third-order valence-electron chi connectivity index (χ3n) is 2.48. The lowest BCUT2D eigenvalue weighted by molar-refractivity contribution is 0.168. The second-order valence-electron chi connectivity index (χ2n) is 3.57. The van der Waals surface area contributed by atoms with Gasteiger partial charge in [0, 0.05) is 12.1 Å². The van der Waals surface area contributed by atoms with E-state index in [1.807, 2.05) is 0 Å². The van der Waals surface area contributed by atoms with Crippen LogP contribution in [0.15, 0.2) is 12.1 Å². The molecule has 1 aromatic carbocycles. The SMILES string of the molecule is COc1cc(OC)c(C(O)C(C)Cl)c(OC)c1. The minimum absolute atomic E-state index is 0.453. The molecule has 0 bridgehead atoms. The van der Waals surface area contributed by atoms with Crippen molar-refractivity contribution in [1.29, 1.82) is 0 Å². The number of hydrogen-bond acceptors (Lipinski definition) is 4. The summed E-state index contributed by atoms with van der Waals surface area (Å²) in [7, 11) is 4.58. The first-order valence-electron chi connectivity index (χ1n) is 5.17. The average Bonchev–Trinajstić information content (AvgIpc) is 2.35. The number of hydrogen-bond donors (Lipinski definition) is 1. The summed E-state index contributed by atoms with van der Waals surface area (Å²) in [6.07, 6.45) is -0.868. The van der Waals surface area contributed by atoms with Crippen molar-refractivity contribution in [2.45, 2.75) is 18.4 Å². The van der Waals surface area contributed by atoms with E-state index in [1.165, 1.54) is 14.2 Å². The first kappa shape index (κ1) is 13.9. The Morgan fingerprint density at radius 2 is 1.53 bits per heavy atom. The Kier molecular flexibility index (Phi) is 4.90. The maximum Gasteiger partial charge on any atom is 0.132 e. The van der Waals surface area contributed by atoms with Gasteiger partial charge in [0.05, 0.1) is 32.3 Å². The van der Waals surface area contributed by atoms with Crippen LogP contribution in [0.5, 0.6) is 17.2 Å². The molecule has 0 aliphatic heterocycles. The van der Waals surface area contributed by atoms with Crippen molar-refractivity contribution in [3.8, 4) is 17.2 Å². The fraction of sp³-hybridized carbons (Fsp3) is 0.500. The highest BCUT2D eigenvalue weighted by molar-refractivity contribution is 6.20. The van der Waals surface area contributed by atoms with Crippen LogP contribution in [0.3, 0.4) is 0 Å². The number of alkyl halides is 1. The molecule has 2 unspecified atom stereocenters. The van der Waals surface area contributed by atoms with Crippen molar-refractivity contribution >= 4 is 11.6 Å². The minimum atomic E-state index is -0.868. The zero-order valence-electron chi connectivity index (χ0n) is 10.4. The number of aliphatic hydroxyl groups excluding tert-OH is 1. The van der Waals surface area contributed by atoms with Gasteiger partial charge in [0.25, 0.3) is 0 Å². The third-order valence-corrected chi connectivity index (χ3v) is 2.72. The van der Waals surface area contributed by atoms with Crippen LogP contribution in [0.1, 0.15) is 18.6 Å². The smallest absolute Gasteiger partial charge is 0.132 e. The van der Waals surface area contributed by atoms with Gasteiger partial charge < -0.3 is 19.3 Å². The molecule has 0 aromatic heterocycles. The standard InChI is InChI=1S/C12H17ClO4/c1-7(13)12(14)11-9(16-3)5-8(15-2)6-10(11)17-4/h5-7,12,14H,1-4H3. The Balaban J connectivity index is 3.34. The highest BCUT2D eigenvalue weighted by atomic mass is 35.5. The first-order chi connectivity index (χ1) is 8.04. The van der Waals surface area contributed by atoms with Gasteiger partial charge in [-0.15, -0.1) is 11.6 Å². The van der Waals surface area contributed by atoms with Crippen LogP contribution in [-0.4, -0.2) is 31.8 Å². The third kappa shape index (κ3) is 2.96. The Morgan fingerprint density at radius 1 is 1.06 bits per heavy atom. The van der Waals surface area contributed by atoms with Gasteiger partial charge in [-0.2, -0.15) is 0 Å². The van der Waals surface area contributed by atoms with Gasteiger partial charge in [-0.25, -0.2) is 0 Å². The van der Waals surface area contributed by atoms with Crippen molar-refractivity contribution in [2.75, 3.05) is 21.3 Å². The van der Waals surface area contributed by atoms with Gasteiger partial charge in [0.2, 0.25) is 0 Å². The quantitative estimate of drug-likeness (QED) is 0.826. The first-order valence-corrected chi connectivity index (χ1v) is 5.60. The van der Waals surface area contributed by atoms with Crippen LogP contribution in [0.25, 0.3) is 0 Å². The maximum atomic E-state index is 10.1. The highest BCUT2D eigenvalue weighted by Crippen LogP contribution is 2.40. The molecule has 1 aromatic rings. The minimum Gasteiger partial charge on any atom is -0.496 e. The summed E-state index contributed by atoms with van der Waals surface area (Å²) in [5.41, 5.74) is 0.526. The summed E-state index contributed by atoms with van der Waals surface area (Å²) in [5.74, 6) is 1.57. The molecule has 17 heavy (non-hydrogen) atoms. The van der Waals surface area contributed by atoms with E-state index in [0.717, 1.165) is 0 Å². The molecule has 0 amide bonds. The molecular formula is C12H17ClO4. The Hall–Kier alpha value is -1.13.